The van der Waals surface area contributed by atoms with Crippen LogP contribution < -0.4 is 4.74 Å². The molecule has 0 saturated carbocycles. The maximum absolute atomic E-state index is 13.8. The van der Waals surface area contributed by atoms with Gasteiger partial charge in [-0.15, -0.1) is 0 Å². The fraction of sp³-hybridized carbons (Fsp3) is 0.250. The van der Waals surface area contributed by atoms with Crippen LogP contribution in [-0.2, 0) is 22.7 Å². The number of benzene rings is 3. The predicted octanol–water partition coefficient (Wildman–Crippen LogP) is 7.44. The molecule has 176 valence electrons. The largest absolute Gasteiger partial charge is 0.496 e. The highest BCUT2D eigenvalue weighted by atomic mass is 79.9. The lowest BCUT2D eigenvalue weighted by atomic mass is 9.79. The van der Waals surface area contributed by atoms with Crippen LogP contribution >= 0.6 is 15.9 Å². The van der Waals surface area contributed by atoms with Crippen molar-refractivity contribution in [3.63, 3.8) is 0 Å². The summed E-state index contributed by atoms with van der Waals surface area (Å²) in [6.07, 6.45) is -9.40. The van der Waals surface area contributed by atoms with Crippen LogP contribution in [0.5, 0.6) is 5.75 Å². The molecule has 0 radical (unpaired) electrons. The topological polar surface area (TPSA) is 18.5 Å². The molecule has 0 aliphatic rings. The summed E-state index contributed by atoms with van der Waals surface area (Å²) >= 11 is 3.23. The summed E-state index contributed by atoms with van der Waals surface area (Å²) in [5, 5.41) is 0.308. The molecular formula is C24H19BrF6O2. The monoisotopic (exact) mass is 532 g/mol. The average molecular weight is 533 g/mol. The van der Waals surface area contributed by atoms with Crippen molar-refractivity contribution in [2.24, 2.45) is 0 Å². The van der Waals surface area contributed by atoms with Gasteiger partial charge in [-0.3, -0.25) is 0 Å². The summed E-state index contributed by atoms with van der Waals surface area (Å²) in [5.41, 5.74) is -3.30. The molecule has 0 bridgehead atoms. The predicted molar refractivity (Wildman–Crippen MR) is 116 cm³/mol. The van der Waals surface area contributed by atoms with Gasteiger partial charge in [-0.1, -0.05) is 64.5 Å². The molecule has 2 nitrogen and oxygen atoms in total. The number of hydrogen-bond donors (Lipinski definition) is 0. The van der Waals surface area contributed by atoms with Crippen molar-refractivity contribution in [3.8, 4) is 5.75 Å². The minimum Gasteiger partial charge on any atom is -0.496 e. The zero-order chi connectivity index (χ0) is 24.3. The van der Waals surface area contributed by atoms with Crippen LogP contribution in [0, 0.1) is 0 Å². The van der Waals surface area contributed by atoms with Crippen LogP contribution in [0.3, 0.4) is 0 Å². The van der Waals surface area contributed by atoms with E-state index in [-0.39, 0.29) is 17.7 Å². The van der Waals surface area contributed by atoms with E-state index in [1.54, 1.807) is 30.3 Å². The Morgan fingerprint density at radius 2 is 1.30 bits per heavy atom. The summed E-state index contributed by atoms with van der Waals surface area (Å²) in [7, 11) is 1.11. The second kappa shape index (κ2) is 9.77. The molecule has 33 heavy (non-hydrogen) atoms. The van der Waals surface area contributed by atoms with Gasteiger partial charge in [0.1, 0.15) is 11.4 Å². The van der Waals surface area contributed by atoms with Crippen molar-refractivity contribution in [2.45, 2.75) is 18.0 Å². The van der Waals surface area contributed by atoms with Crippen molar-refractivity contribution < 1.29 is 35.8 Å². The van der Waals surface area contributed by atoms with Crippen molar-refractivity contribution in [3.05, 3.63) is 101 Å². The summed E-state index contributed by atoms with van der Waals surface area (Å²) in [6, 6.07) is 16.0. The zero-order valence-corrected chi connectivity index (χ0v) is 18.9. The lowest BCUT2D eigenvalue weighted by Crippen LogP contribution is -2.34. The van der Waals surface area contributed by atoms with Crippen molar-refractivity contribution in [1.29, 1.82) is 0 Å². The summed E-state index contributed by atoms with van der Waals surface area (Å²) in [6.45, 7) is 0.0124. The van der Waals surface area contributed by atoms with Gasteiger partial charge in [0.15, 0.2) is 0 Å². The molecular weight excluding hydrogens is 514 g/mol. The first-order valence-corrected chi connectivity index (χ1v) is 10.8. The Kier molecular flexibility index (Phi) is 7.43. The number of ether oxygens (including phenoxy) is 2. The summed E-state index contributed by atoms with van der Waals surface area (Å²) in [5.74, 6) is -0.405. The van der Waals surface area contributed by atoms with Gasteiger partial charge in [0, 0.05) is 5.33 Å². The van der Waals surface area contributed by atoms with Crippen LogP contribution in [0.15, 0.2) is 72.8 Å². The molecule has 0 spiro atoms. The first-order chi connectivity index (χ1) is 15.5. The molecule has 3 aromatic carbocycles. The Labute approximate surface area is 195 Å². The number of hydrogen-bond acceptors (Lipinski definition) is 2. The Morgan fingerprint density at radius 1 is 0.697 bits per heavy atom. The molecule has 0 aromatic heterocycles. The van der Waals surface area contributed by atoms with Gasteiger partial charge in [-0.25, -0.2) is 0 Å². The Bertz CT molecular complexity index is 1080. The molecule has 0 N–H and O–H groups in total. The van der Waals surface area contributed by atoms with E-state index in [1.165, 1.54) is 18.2 Å². The summed E-state index contributed by atoms with van der Waals surface area (Å²) in [4.78, 5) is 0. The van der Waals surface area contributed by atoms with Gasteiger partial charge in [0.25, 0.3) is 0 Å². The average Bonchev–Trinajstić information content (AvgIpc) is 2.79. The number of halogens is 7. The third-order valence-corrected chi connectivity index (χ3v) is 5.41. The Morgan fingerprint density at radius 3 is 1.88 bits per heavy atom. The molecule has 0 aliphatic carbocycles. The molecule has 3 rings (SSSR count). The molecule has 9 heteroatoms. The van der Waals surface area contributed by atoms with Crippen LogP contribution in [0.2, 0.25) is 0 Å². The lowest BCUT2D eigenvalue weighted by Gasteiger charge is -2.36. The van der Waals surface area contributed by atoms with E-state index < -0.39 is 34.8 Å². The van der Waals surface area contributed by atoms with Gasteiger partial charge in [0.05, 0.1) is 24.8 Å². The number of alkyl halides is 7. The molecule has 1 unspecified atom stereocenters. The highest BCUT2D eigenvalue weighted by molar-refractivity contribution is 9.09. The van der Waals surface area contributed by atoms with E-state index in [0.29, 0.717) is 10.9 Å². The molecule has 0 aliphatic heterocycles. The lowest BCUT2D eigenvalue weighted by molar-refractivity contribution is -0.139. The van der Waals surface area contributed by atoms with Crippen LogP contribution in [0.25, 0.3) is 0 Å². The second-order valence-corrected chi connectivity index (χ2v) is 7.87. The first kappa shape index (κ1) is 25.1. The van der Waals surface area contributed by atoms with E-state index in [1.807, 2.05) is 0 Å². The summed E-state index contributed by atoms with van der Waals surface area (Å²) < 4.78 is 93.0. The van der Waals surface area contributed by atoms with Gasteiger partial charge in [-0.2, -0.15) is 26.3 Å². The molecule has 0 amide bonds. The number of rotatable bonds is 7. The fourth-order valence-corrected chi connectivity index (χ4v) is 3.84. The molecule has 0 fully saturated rings. The van der Waals surface area contributed by atoms with Crippen LogP contribution in [-0.4, -0.2) is 19.0 Å². The quantitative estimate of drug-likeness (QED) is 0.179. The smallest absolute Gasteiger partial charge is 0.419 e. The molecule has 3 aromatic rings. The highest BCUT2D eigenvalue weighted by Gasteiger charge is 2.42. The highest BCUT2D eigenvalue weighted by Crippen LogP contribution is 2.45. The van der Waals surface area contributed by atoms with Crippen LogP contribution in [0.4, 0.5) is 26.3 Å². The van der Waals surface area contributed by atoms with Crippen molar-refractivity contribution >= 4 is 15.9 Å². The van der Waals surface area contributed by atoms with Gasteiger partial charge in [-0.05, 0) is 41.0 Å². The van der Waals surface area contributed by atoms with Crippen molar-refractivity contribution in [1.82, 2.24) is 0 Å². The van der Waals surface area contributed by atoms with E-state index in [0.717, 1.165) is 31.4 Å². The van der Waals surface area contributed by atoms with Crippen molar-refractivity contribution in [2.75, 3.05) is 19.0 Å². The maximum atomic E-state index is 13.8. The molecule has 1 atom stereocenters. The van der Waals surface area contributed by atoms with Gasteiger partial charge < -0.3 is 9.47 Å². The minimum atomic E-state index is -4.76. The maximum Gasteiger partial charge on any atom is 0.419 e. The third kappa shape index (κ3) is 5.19. The minimum absolute atomic E-state index is 0.0124. The van der Waals surface area contributed by atoms with Gasteiger partial charge in [0.2, 0.25) is 0 Å². The van der Waals surface area contributed by atoms with E-state index in [2.05, 4.69) is 15.9 Å². The third-order valence-electron chi connectivity index (χ3n) is 5.08. The van der Waals surface area contributed by atoms with Gasteiger partial charge >= 0.3 is 12.4 Å². The van der Waals surface area contributed by atoms with E-state index in [4.69, 9.17) is 9.47 Å². The molecule has 0 heterocycles. The van der Waals surface area contributed by atoms with Crippen LogP contribution in [0.1, 0.15) is 27.8 Å². The van der Waals surface area contributed by atoms with E-state index >= 15 is 0 Å². The second-order valence-electron chi connectivity index (χ2n) is 7.08. The standard InChI is InChI=1S/C24H19BrF6O2/c1-32-21-11-10-18(15-20(21)24(29,30)31)22(33-13-12-25,16-6-3-2-4-7-16)17-8-5-9-19(14-17)23(26,27)28/h2-11,14-15H,12-13H2,1H3. The fourth-order valence-electron chi connectivity index (χ4n) is 3.68. The zero-order valence-electron chi connectivity index (χ0n) is 17.3. The number of methoxy groups -OCH3 is 1. The normalized spacial score (nSPS) is 14.1. The SMILES string of the molecule is COc1ccc(C(OCCBr)(c2ccccc2)c2cccc(C(F)(F)F)c2)cc1C(F)(F)F. The first-order valence-electron chi connectivity index (χ1n) is 9.73. The van der Waals surface area contributed by atoms with E-state index in [9.17, 15) is 26.3 Å². The Balaban J connectivity index is 2.40. The Hall–Kier alpha value is -2.52. The molecule has 0 saturated heterocycles.